The maximum Gasteiger partial charge on any atom is 0.204 e. The van der Waals surface area contributed by atoms with Crippen LogP contribution in [-0.4, -0.2) is 46.1 Å². The van der Waals surface area contributed by atoms with Gasteiger partial charge in [-0.15, -0.1) is 0 Å². The normalized spacial score (nSPS) is 13.5. The third kappa shape index (κ3) is 5.16. The van der Waals surface area contributed by atoms with Crippen molar-refractivity contribution in [1.29, 1.82) is 0 Å². The average molecular weight is 439 g/mol. The molecule has 0 aliphatic carbocycles. The summed E-state index contributed by atoms with van der Waals surface area (Å²) in [4.78, 5) is 24.1. The van der Waals surface area contributed by atoms with Gasteiger partial charge >= 0.3 is 0 Å². The Morgan fingerprint density at radius 3 is 2.58 bits per heavy atom. The first-order chi connectivity index (χ1) is 15.0. The summed E-state index contributed by atoms with van der Waals surface area (Å²) in [6.07, 6.45) is 2.71. The Morgan fingerprint density at radius 1 is 1.23 bits per heavy atom. The van der Waals surface area contributed by atoms with Gasteiger partial charge in [0.1, 0.15) is 5.78 Å². The molecule has 1 aromatic carbocycles. The summed E-state index contributed by atoms with van der Waals surface area (Å²) in [5.41, 5.74) is 1.96. The molecular formula is C22H26N6O2S. The molecule has 0 atom stereocenters. The lowest BCUT2D eigenvalue weighted by Gasteiger charge is -2.21. The smallest absolute Gasteiger partial charge is 0.204 e. The summed E-state index contributed by atoms with van der Waals surface area (Å²) in [5.74, 6) is 2.82. The average Bonchev–Trinajstić information content (AvgIpc) is 3.41. The van der Waals surface area contributed by atoms with Crippen LogP contribution >= 0.6 is 11.8 Å². The first-order valence-electron chi connectivity index (χ1n) is 10.3. The number of aryl methyl sites for hydroxylation is 1. The molecule has 0 unspecified atom stereocenters. The fourth-order valence-corrected chi connectivity index (χ4v) is 4.30. The molecule has 1 aliphatic heterocycles. The molecule has 0 bridgehead atoms. The molecule has 9 heteroatoms. The van der Waals surface area contributed by atoms with E-state index < -0.39 is 0 Å². The molecule has 162 valence electrons. The molecule has 0 saturated carbocycles. The summed E-state index contributed by atoms with van der Waals surface area (Å²) in [6, 6.07) is 9.85. The van der Waals surface area contributed by atoms with Crippen molar-refractivity contribution in [1.82, 2.24) is 20.2 Å². The summed E-state index contributed by atoms with van der Waals surface area (Å²) >= 11 is 1.48. The summed E-state index contributed by atoms with van der Waals surface area (Å²) in [5, 5.41) is 11.1. The molecule has 8 nitrogen and oxygen atoms in total. The van der Waals surface area contributed by atoms with Gasteiger partial charge in [0, 0.05) is 36.2 Å². The van der Waals surface area contributed by atoms with Gasteiger partial charge in [0.2, 0.25) is 5.75 Å². The van der Waals surface area contributed by atoms with E-state index in [9.17, 15) is 4.79 Å². The van der Waals surface area contributed by atoms with E-state index in [1.54, 1.807) is 14.0 Å². The van der Waals surface area contributed by atoms with Crippen LogP contribution < -0.4 is 15.0 Å². The number of ether oxygens (including phenoxy) is 1. The molecule has 4 rings (SSSR count). The number of benzene rings is 1. The predicted octanol–water partition coefficient (Wildman–Crippen LogP) is 4.14. The van der Waals surface area contributed by atoms with Crippen LogP contribution in [0.25, 0.3) is 0 Å². The zero-order valence-corrected chi connectivity index (χ0v) is 18.8. The topological polar surface area (TPSA) is 96.0 Å². The minimum atomic E-state index is 0.151. The number of nitrogens with zero attached hydrogens (tertiary/aromatic N) is 4. The van der Waals surface area contributed by atoms with Gasteiger partial charge in [0.05, 0.1) is 7.11 Å². The van der Waals surface area contributed by atoms with Crippen molar-refractivity contribution in [3.8, 4) is 5.75 Å². The third-order valence-corrected chi connectivity index (χ3v) is 5.85. The molecular weight excluding hydrogens is 412 g/mol. The van der Waals surface area contributed by atoms with Gasteiger partial charge in [0.15, 0.2) is 22.6 Å². The third-order valence-electron chi connectivity index (χ3n) is 4.97. The van der Waals surface area contributed by atoms with Crippen LogP contribution in [0.2, 0.25) is 0 Å². The standard InChI is InChI=1S/C22H26N6O2S/c1-14-12-18(27-26-14)23-20-19(30-3)21(28-10-4-5-11-28)25-22(24-20)31-17-8-6-16(7-9-17)13-15(2)29/h6-9,12H,4-5,10-11,13H2,1-3H3,(H2,23,24,25,26,27). The van der Waals surface area contributed by atoms with E-state index in [0.717, 1.165) is 47.9 Å². The number of aromatic amines is 1. The molecule has 1 aliphatic rings. The Kier molecular flexibility index (Phi) is 6.41. The van der Waals surface area contributed by atoms with E-state index in [1.165, 1.54) is 11.8 Å². The summed E-state index contributed by atoms with van der Waals surface area (Å²) in [6.45, 7) is 5.43. The van der Waals surface area contributed by atoms with Gasteiger partial charge in [-0.25, -0.2) is 9.97 Å². The fraction of sp³-hybridized carbons (Fsp3) is 0.364. The van der Waals surface area contributed by atoms with Crippen molar-refractivity contribution < 1.29 is 9.53 Å². The Balaban J connectivity index is 1.66. The largest absolute Gasteiger partial charge is 0.490 e. The fourth-order valence-electron chi connectivity index (χ4n) is 3.55. The highest BCUT2D eigenvalue weighted by atomic mass is 32.2. The SMILES string of the molecule is COc1c(Nc2cc(C)[nH]n2)nc(Sc2ccc(CC(C)=O)cc2)nc1N1CCCC1. The highest BCUT2D eigenvalue weighted by Gasteiger charge is 2.24. The number of ketones is 1. The van der Waals surface area contributed by atoms with E-state index in [4.69, 9.17) is 14.7 Å². The molecule has 3 aromatic rings. The molecule has 0 amide bonds. The van der Waals surface area contributed by atoms with Crippen LogP contribution in [0.4, 0.5) is 17.5 Å². The lowest BCUT2D eigenvalue weighted by atomic mass is 10.1. The van der Waals surface area contributed by atoms with Gasteiger partial charge in [-0.3, -0.25) is 9.89 Å². The number of H-pyrrole nitrogens is 1. The molecule has 3 heterocycles. The zero-order chi connectivity index (χ0) is 21.8. The Bertz CT molecular complexity index is 1060. The Hall–Kier alpha value is -3.07. The van der Waals surface area contributed by atoms with Gasteiger partial charge in [0.25, 0.3) is 0 Å². The maximum atomic E-state index is 11.3. The first-order valence-corrected chi connectivity index (χ1v) is 11.1. The van der Waals surface area contributed by atoms with Crippen LogP contribution in [0.15, 0.2) is 40.4 Å². The van der Waals surface area contributed by atoms with Crippen LogP contribution in [0.5, 0.6) is 5.75 Å². The summed E-state index contributed by atoms with van der Waals surface area (Å²) in [7, 11) is 1.64. The monoisotopic (exact) mass is 438 g/mol. The molecule has 1 fully saturated rings. The van der Waals surface area contributed by atoms with E-state index in [2.05, 4.69) is 20.4 Å². The number of anilines is 3. The van der Waals surface area contributed by atoms with Crippen molar-refractivity contribution in [2.45, 2.75) is 43.2 Å². The quantitative estimate of drug-likeness (QED) is 0.507. The zero-order valence-electron chi connectivity index (χ0n) is 17.9. The van der Waals surface area contributed by atoms with Gasteiger partial charge < -0.3 is 15.0 Å². The number of Topliss-reactive ketones (excluding diaryl/α,β-unsaturated/α-hetero) is 1. The van der Waals surface area contributed by atoms with Crippen LogP contribution in [0.3, 0.4) is 0 Å². The van der Waals surface area contributed by atoms with E-state index >= 15 is 0 Å². The number of carbonyl (C=O) groups excluding carboxylic acids is 1. The number of aromatic nitrogens is 4. The number of methoxy groups -OCH3 is 1. The molecule has 0 spiro atoms. The highest BCUT2D eigenvalue weighted by molar-refractivity contribution is 7.99. The number of hydrogen-bond donors (Lipinski definition) is 2. The minimum Gasteiger partial charge on any atom is -0.490 e. The van der Waals surface area contributed by atoms with Gasteiger partial charge in [-0.2, -0.15) is 5.10 Å². The lowest BCUT2D eigenvalue weighted by Crippen LogP contribution is -2.21. The van der Waals surface area contributed by atoms with Crippen molar-refractivity contribution in [3.05, 3.63) is 41.6 Å². The number of rotatable bonds is 8. The van der Waals surface area contributed by atoms with Crippen molar-refractivity contribution in [2.75, 3.05) is 30.4 Å². The number of nitrogens with one attached hydrogen (secondary N) is 2. The van der Waals surface area contributed by atoms with Crippen molar-refractivity contribution >= 4 is 35.0 Å². The lowest BCUT2D eigenvalue weighted by molar-refractivity contribution is -0.116. The number of hydrogen-bond acceptors (Lipinski definition) is 8. The molecule has 2 aromatic heterocycles. The Morgan fingerprint density at radius 2 is 1.97 bits per heavy atom. The van der Waals surface area contributed by atoms with Crippen LogP contribution in [-0.2, 0) is 11.2 Å². The predicted molar refractivity (Wildman–Crippen MR) is 122 cm³/mol. The number of carbonyl (C=O) groups is 1. The van der Waals surface area contributed by atoms with E-state index in [1.807, 2.05) is 37.3 Å². The second-order valence-corrected chi connectivity index (χ2v) is 8.63. The van der Waals surface area contributed by atoms with E-state index in [0.29, 0.717) is 29.0 Å². The molecule has 0 radical (unpaired) electrons. The molecule has 2 N–H and O–H groups in total. The van der Waals surface area contributed by atoms with Crippen molar-refractivity contribution in [3.63, 3.8) is 0 Å². The van der Waals surface area contributed by atoms with E-state index in [-0.39, 0.29) is 5.78 Å². The maximum absolute atomic E-state index is 11.3. The second-order valence-electron chi connectivity index (χ2n) is 7.59. The van der Waals surface area contributed by atoms with Crippen LogP contribution in [0, 0.1) is 6.92 Å². The Labute approximate surface area is 185 Å². The summed E-state index contributed by atoms with van der Waals surface area (Å²) < 4.78 is 5.72. The second kappa shape index (κ2) is 9.38. The first kappa shape index (κ1) is 21.2. The van der Waals surface area contributed by atoms with Crippen LogP contribution in [0.1, 0.15) is 31.0 Å². The van der Waals surface area contributed by atoms with Gasteiger partial charge in [-0.1, -0.05) is 12.1 Å². The molecule has 1 saturated heterocycles. The molecule has 31 heavy (non-hydrogen) atoms. The minimum absolute atomic E-state index is 0.151. The van der Waals surface area contributed by atoms with Crippen molar-refractivity contribution in [2.24, 2.45) is 0 Å². The highest BCUT2D eigenvalue weighted by Crippen LogP contribution is 2.39. The van der Waals surface area contributed by atoms with Gasteiger partial charge in [-0.05, 0) is 56.1 Å².